The molecular weight excluding hydrogens is 442 g/mol. The van der Waals surface area contributed by atoms with Crippen LogP contribution < -0.4 is 4.90 Å². The van der Waals surface area contributed by atoms with Crippen LogP contribution in [0.3, 0.4) is 0 Å². The van der Waals surface area contributed by atoms with Gasteiger partial charge in [-0.2, -0.15) is 5.26 Å². The SMILES string of the molecule is CC(C)(C)OC(=O)N1CCN(c2ncnc3c2c(C2CC2)cn3-c2cc(C#N)ccn2)CC12CC2. The van der Waals surface area contributed by atoms with Crippen molar-refractivity contribution in [2.75, 3.05) is 24.5 Å². The Morgan fingerprint density at radius 1 is 1.20 bits per heavy atom. The Morgan fingerprint density at radius 2 is 2.00 bits per heavy atom. The number of nitrogens with zero attached hydrogens (tertiary/aromatic N) is 7. The molecule has 3 fully saturated rings. The molecule has 1 amide bonds. The third-order valence-corrected chi connectivity index (χ3v) is 7.12. The molecule has 180 valence electrons. The average Bonchev–Trinajstić information content (AvgIpc) is 3.77. The third kappa shape index (κ3) is 3.87. The molecule has 6 rings (SSSR count). The summed E-state index contributed by atoms with van der Waals surface area (Å²) in [4.78, 5) is 31.1. The maximum absolute atomic E-state index is 12.9. The van der Waals surface area contributed by atoms with E-state index in [9.17, 15) is 10.1 Å². The van der Waals surface area contributed by atoms with Crippen LogP contribution >= 0.6 is 0 Å². The summed E-state index contributed by atoms with van der Waals surface area (Å²) >= 11 is 0. The summed E-state index contributed by atoms with van der Waals surface area (Å²) in [5.41, 5.74) is 1.90. The highest BCUT2D eigenvalue weighted by Crippen LogP contribution is 2.49. The number of piperazine rings is 1. The van der Waals surface area contributed by atoms with E-state index < -0.39 is 5.60 Å². The smallest absolute Gasteiger partial charge is 0.410 e. The molecule has 0 atom stereocenters. The predicted octanol–water partition coefficient (Wildman–Crippen LogP) is 4.15. The van der Waals surface area contributed by atoms with Crippen molar-refractivity contribution in [3.63, 3.8) is 0 Å². The van der Waals surface area contributed by atoms with E-state index in [0.717, 1.165) is 49.1 Å². The zero-order valence-corrected chi connectivity index (χ0v) is 20.4. The number of amides is 1. The molecule has 35 heavy (non-hydrogen) atoms. The van der Waals surface area contributed by atoms with Crippen LogP contribution in [0, 0.1) is 11.3 Å². The minimum atomic E-state index is -0.512. The Balaban J connectivity index is 1.38. The van der Waals surface area contributed by atoms with Crippen molar-refractivity contribution in [3.8, 4) is 11.9 Å². The van der Waals surface area contributed by atoms with E-state index in [1.165, 1.54) is 5.56 Å². The Labute approximate surface area is 204 Å². The molecule has 0 N–H and O–H groups in total. The van der Waals surface area contributed by atoms with Crippen LogP contribution in [0.5, 0.6) is 0 Å². The van der Waals surface area contributed by atoms with E-state index in [-0.39, 0.29) is 11.6 Å². The summed E-state index contributed by atoms with van der Waals surface area (Å²) in [6, 6.07) is 5.69. The van der Waals surface area contributed by atoms with Gasteiger partial charge in [0.05, 0.1) is 22.6 Å². The first-order chi connectivity index (χ1) is 16.8. The molecule has 0 aromatic carbocycles. The first kappa shape index (κ1) is 21.8. The van der Waals surface area contributed by atoms with Crippen molar-refractivity contribution in [3.05, 3.63) is 42.0 Å². The van der Waals surface area contributed by atoms with Crippen molar-refractivity contribution in [2.45, 2.75) is 63.5 Å². The summed E-state index contributed by atoms with van der Waals surface area (Å²) in [5.74, 6) is 2.08. The number of ether oxygens (including phenoxy) is 1. The van der Waals surface area contributed by atoms with Gasteiger partial charge >= 0.3 is 6.09 Å². The lowest BCUT2D eigenvalue weighted by Crippen LogP contribution is -2.58. The van der Waals surface area contributed by atoms with E-state index >= 15 is 0 Å². The number of nitriles is 1. The monoisotopic (exact) mass is 471 g/mol. The van der Waals surface area contributed by atoms with Crippen LogP contribution in [-0.2, 0) is 4.74 Å². The number of carbonyl (C=O) groups excluding carboxylic acids is 1. The summed E-state index contributed by atoms with van der Waals surface area (Å²) in [5, 5.41) is 10.4. The number of aromatic nitrogens is 4. The van der Waals surface area contributed by atoms with Gasteiger partial charge in [0.25, 0.3) is 0 Å². The lowest BCUT2D eigenvalue weighted by atomic mass is 10.1. The topological polar surface area (TPSA) is 100 Å². The quantitative estimate of drug-likeness (QED) is 0.565. The Morgan fingerprint density at radius 3 is 2.69 bits per heavy atom. The number of fused-ring (bicyclic) bond motifs is 1. The lowest BCUT2D eigenvalue weighted by Gasteiger charge is -2.43. The molecule has 9 heteroatoms. The van der Waals surface area contributed by atoms with E-state index in [0.29, 0.717) is 30.4 Å². The number of pyridine rings is 1. The maximum Gasteiger partial charge on any atom is 0.410 e. The molecule has 2 saturated carbocycles. The third-order valence-electron chi connectivity index (χ3n) is 7.12. The fourth-order valence-corrected chi connectivity index (χ4v) is 5.14. The number of carbonyl (C=O) groups is 1. The van der Waals surface area contributed by atoms with Gasteiger partial charge in [-0.1, -0.05) is 0 Å². The van der Waals surface area contributed by atoms with Gasteiger partial charge in [0.15, 0.2) is 5.65 Å². The molecule has 3 aliphatic rings. The molecule has 9 nitrogen and oxygen atoms in total. The molecule has 0 radical (unpaired) electrons. The zero-order valence-electron chi connectivity index (χ0n) is 20.4. The molecule has 4 heterocycles. The van der Waals surface area contributed by atoms with Gasteiger partial charge in [0.1, 0.15) is 23.6 Å². The number of hydrogen-bond donors (Lipinski definition) is 0. The van der Waals surface area contributed by atoms with Crippen LogP contribution in [0.4, 0.5) is 10.6 Å². The first-order valence-electron chi connectivity index (χ1n) is 12.3. The minimum absolute atomic E-state index is 0.192. The summed E-state index contributed by atoms with van der Waals surface area (Å²) in [7, 11) is 0. The van der Waals surface area contributed by atoms with Crippen LogP contribution in [0.15, 0.2) is 30.9 Å². The highest BCUT2D eigenvalue weighted by atomic mass is 16.6. The summed E-state index contributed by atoms with van der Waals surface area (Å²) in [6.45, 7) is 7.74. The Kier molecular flexibility index (Phi) is 4.78. The second-order valence-electron chi connectivity index (χ2n) is 10.9. The number of hydrogen-bond acceptors (Lipinski definition) is 7. The number of anilines is 1. The first-order valence-corrected chi connectivity index (χ1v) is 12.3. The van der Waals surface area contributed by atoms with E-state index in [4.69, 9.17) is 9.72 Å². The zero-order chi connectivity index (χ0) is 24.4. The molecule has 3 aromatic heterocycles. The molecule has 0 bridgehead atoms. The molecule has 0 unspecified atom stereocenters. The van der Waals surface area contributed by atoms with Crippen LogP contribution in [-0.4, -0.2) is 61.3 Å². The van der Waals surface area contributed by atoms with Crippen LogP contribution in [0.25, 0.3) is 16.9 Å². The van der Waals surface area contributed by atoms with Gasteiger partial charge in [-0.15, -0.1) is 0 Å². The van der Waals surface area contributed by atoms with Gasteiger partial charge in [-0.25, -0.2) is 19.7 Å². The molecule has 1 saturated heterocycles. The standard InChI is InChI=1S/C26H29N7O2/c1-25(2,3)35-24(34)33-11-10-31(15-26(33)7-8-26)22-21-19(18-4-5-18)14-32(23(21)30-16-29-22)20-12-17(13-27)6-9-28-20/h6,9,12,14,16,18H,4-5,7-8,10-11,15H2,1-3H3. The van der Waals surface area contributed by atoms with Crippen molar-refractivity contribution in [1.82, 2.24) is 24.4 Å². The maximum atomic E-state index is 12.9. The van der Waals surface area contributed by atoms with Gasteiger partial charge in [-0.3, -0.25) is 9.47 Å². The summed E-state index contributed by atoms with van der Waals surface area (Å²) < 4.78 is 7.69. The predicted molar refractivity (Wildman–Crippen MR) is 130 cm³/mol. The van der Waals surface area contributed by atoms with E-state index in [1.807, 2.05) is 30.2 Å². The fourth-order valence-electron chi connectivity index (χ4n) is 5.14. The largest absolute Gasteiger partial charge is 0.444 e. The summed E-state index contributed by atoms with van der Waals surface area (Å²) in [6.07, 6.45) is 9.40. The van der Waals surface area contributed by atoms with Crippen LogP contribution in [0.2, 0.25) is 0 Å². The molecule has 3 aromatic rings. The minimum Gasteiger partial charge on any atom is -0.444 e. The highest BCUT2D eigenvalue weighted by Gasteiger charge is 2.54. The van der Waals surface area contributed by atoms with E-state index in [1.54, 1.807) is 24.7 Å². The molecule has 1 spiro atoms. The fraction of sp³-hybridized carbons (Fsp3) is 0.500. The molecule has 2 aliphatic carbocycles. The van der Waals surface area contributed by atoms with Gasteiger partial charge < -0.3 is 9.64 Å². The van der Waals surface area contributed by atoms with Gasteiger partial charge in [0.2, 0.25) is 0 Å². The van der Waals surface area contributed by atoms with E-state index in [2.05, 4.69) is 27.1 Å². The highest BCUT2D eigenvalue weighted by molar-refractivity contribution is 5.93. The average molecular weight is 472 g/mol. The second-order valence-corrected chi connectivity index (χ2v) is 10.9. The Hall–Kier alpha value is -3.67. The van der Waals surface area contributed by atoms with Gasteiger partial charge in [0, 0.05) is 32.0 Å². The lowest BCUT2D eigenvalue weighted by molar-refractivity contribution is 0.0106. The molecular formula is C26H29N7O2. The van der Waals surface area contributed by atoms with Crippen molar-refractivity contribution < 1.29 is 9.53 Å². The normalized spacial score (nSPS) is 19.1. The molecule has 1 aliphatic heterocycles. The van der Waals surface area contributed by atoms with Crippen molar-refractivity contribution >= 4 is 22.9 Å². The second kappa shape index (κ2) is 7.67. The van der Waals surface area contributed by atoms with Crippen molar-refractivity contribution in [2.24, 2.45) is 0 Å². The number of rotatable bonds is 3. The van der Waals surface area contributed by atoms with Gasteiger partial charge in [-0.05, 0) is 70.1 Å². The van der Waals surface area contributed by atoms with Crippen LogP contribution in [0.1, 0.15) is 63.5 Å². The van der Waals surface area contributed by atoms with Crippen molar-refractivity contribution in [1.29, 1.82) is 5.26 Å². The Bertz CT molecular complexity index is 1360.